The molecule has 37 heavy (non-hydrogen) atoms. The van der Waals surface area contributed by atoms with E-state index >= 15 is 0 Å². The average molecular weight is 495 g/mol. The van der Waals surface area contributed by atoms with Gasteiger partial charge in [-0.1, -0.05) is 12.1 Å². The van der Waals surface area contributed by atoms with Crippen molar-refractivity contribution in [2.24, 2.45) is 4.99 Å². The molecular formula is C29H30N6O2. The van der Waals surface area contributed by atoms with Gasteiger partial charge < -0.3 is 19.3 Å². The Morgan fingerprint density at radius 1 is 0.973 bits per heavy atom. The maximum absolute atomic E-state index is 9.81. The monoisotopic (exact) mass is 494 g/mol. The van der Waals surface area contributed by atoms with Crippen LogP contribution in [-0.4, -0.2) is 73.1 Å². The Morgan fingerprint density at radius 2 is 1.73 bits per heavy atom. The number of ether oxygens (including phenoxy) is 2. The number of likely N-dealkylation sites (N-methyl/N-ethyl adjacent to an activating group) is 1. The SMILES string of the molecule is CN1CCN(c2ccc(C3=Nc4c(ncnc4-c4ccc(OC5CCOCC5)c(C#N)c4)C3)cc2)CC1. The average Bonchev–Trinajstić information content (AvgIpc) is 3.39. The fourth-order valence-electron chi connectivity index (χ4n) is 5.14. The topological polar surface area (TPSA) is 86.9 Å². The summed E-state index contributed by atoms with van der Waals surface area (Å²) in [5.41, 5.74) is 7.10. The first-order chi connectivity index (χ1) is 18.2. The van der Waals surface area contributed by atoms with Crippen molar-refractivity contribution < 1.29 is 9.47 Å². The van der Waals surface area contributed by atoms with Crippen LogP contribution in [0.4, 0.5) is 11.4 Å². The van der Waals surface area contributed by atoms with E-state index < -0.39 is 0 Å². The second-order valence-electron chi connectivity index (χ2n) is 9.84. The molecule has 3 aliphatic heterocycles. The number of nitriles is 1. The highest BCUT2D eigenvalue weighted by molar-refractivity contribution is 6.07. The van der Waals surface area contributed by atoms with E-state index in [1.54, 1.807) is 6.33 Å². The van der Waals surface area contributed by atoms with E-state index in [2.05, 4.69) is 57.2 Å². The third kappa shape index (κ3) is 4.93. The van der Waals surface area contributed by atoms with Gasteiger partial charge in [-0.15, -0.1) is 0 Å². The Kier molecular flexibility index (Phi) is 6.56. The van der Waals surface area contributed by atoms with E-state index in [1.807, 2.05) is 18.2 Å². The number of piperazine rings is 1. The molecule has 0 N–H and O–H groups in total. The van der Waals surface area contributed by atoms with Crippen molar-refractivity contribution in [1.29, 1.82) is 5.26 Å². The van der Waals surface area contributed by atoms with Gasteiger partial charge in [0.15, 0.2) is 0 Å². The Morgan fingerprint density at radius 3 is 2.49 bits per heavy atom. The molecule has 2 saturated heterocycles. The molecule has 8 heteroatoms. The molecule has 3 aromatic rings. The lowest BCUT2D eigenvalue weighted by Crippen LogP contribution is -2.44. The fourth-order valence-corrected chi connectivity index (χ4v) is 5.14. The van der Waals surface area contributed by atoms with Crippen molar-refractivity contribution in [3.05, 3.63) is 65.6 Å². The highest BCUT2D eigenvalue weighted by Crippen LogP contribution is 2.37. The number of nitrogens with zero attached hydrogens (tertiary/aromatic N) is 6. The first-order valence-electron chi connectivity index (χ1n) is 12.9. The van der Waals surface area contributed by atoms with Gasteiger partial charge in [0.1, 0.15) is 29.9 Å². The highest BCUT2D eigenvalue weighted by Gasteiger charge is 2.24. The largest absolute Gasteiger partial charge is 0.489 e. The Labute approximate surface area is 217 Å². The normalized spacial score (nSPS) is 18.3. The molecule has 0 unspecified atom stereocenters. The number of benzene rings is 2. The minimum absolute atomic E-state index is 0.0739. The third-order valence-corrected chi connectivity index (χ3v) is 7.38. The van der Waals surface area contributed by atoms with Crippen LogP contribution in [0.3, 0.4) is 0 Å². The van der Waals surface area contributed by atoms with Crippen LogP contribution in [0.2, 0.25) is 0 Å². The molecule has 6 rings (SSSR count). The number of hydrogen-bond acceptors (Lipinski definition) is 8. The smallest absolute Gasteiger partial charge is 0.137 e. The van der Waals surface area contributed by atoms with Crippen LogP contribution in [0.5, 0.6) is 5.75 Å². The zero-order valence-corrected chi connectivity index (χ0v) is 21.1. The molecule has 0 saturated carbocycles. The number of rotatable bonds is 5. The van der Waals surface area contributed by atoms with Gasteiger partial charge in [0.25, 0.3) is 0 Å². The number of aromatic nitrogens is 2. The molecule has 0 bridgehead atoms. The lowest BCUT2D eigenvalue weighted by atomic mass is 10.0. The van der Waals surface area contributed by atoms with Crippen LogP contribution in [0, 0.1) is 11.3 Å². The van der Waals surface area contributed by atoms with E-state index in [4.69, 9.17) is 14.5 Å². The zero-order valence-electron chi connectivity index (χ0n) is 21.1. The number of hydrogen-bond donors (Lipinski definition) is 0. The second kappa shape index (κ2) is 10.3. The summed E-state index contributed by atoms with van der Waals surface area (Å²) >= 11 is 0. The summed E-state index contributed by atoms with van der Waals surface area (Å²) in [6.45, 7) is 5.64. The van der Waals surface area contributed by atoms with Crippen LogP contribution in [0.1, 0.15) is 29.7 Å². The second-order valence-corrected chi connectivity index (χ2v) is 9.84. The van der Waals surface area contributed by atoms with Crippen LogP contribution in [0.15, 0.2) is 53.8 Å². The van der Waals surface area contributed by atoms with Crippen LogP contribution in [0.25, 0.3) is 11.3 Å². The van der Waals surface area contributed by atoms with E-state index in [9.17, 15) is 5.26 Å². The fraction of sp³-hybridized carbons (Fsp3) is 0.379. The van der Waals surface area contributed by atoms with E-state index in [0.29, 0.717) is 30.9 Å². The van der Waals surface area contributed by atoms with E-state index in [1.165, 1.54) is 5.69 Å². The van der Waals surface area contributed by atoms with Gasteiger partial charge in [-0.25, -0.2) is 15.0 Å². The van der Waals surface area contributed by atoms with E-state index in [0.717, 1.165) is 72.9 Å². The van der Waals surface area contributed by atoms with Crippen LogP contribution < -0.4 is 9.64 Å². The molecule has 0 atom stereocenters. The molecule has 3 aliphatic rings. The lowest BCUT2D eigenvalue weighted by molar-refractivity contribution is 0.0254. The van der Waals surface area contributed by atoms with Gasteiger partial charge in [-0.05, 0) is 42.9 Å². The van der Waals surface area contributed by atoms with Gasteiger partial charge in [-0.2, -0.15) is 5.26 Å². The highest BCUT2D eigenvalue weighted by atomic mass is 16.5. The van der Waals surface area contributed by atoms with Crippen molar-refractivity contribution in [3.63, 3.8) is 0 Å². The molecule has 0 aliphatic carbocycles. The summed E-state index contributed by atoms with van der Waals surface area (Å²) in [5.74, 6) is 0.605. The van der Waals surface area contributed by atoms with Crippen LogP contribution >= 0.6 is 0 Å². The lowest BCUT2D eigenvalue weighted by Gasteiger charge is -2.34. The molecule has 1 aromatic heterocycles. The Balaban J connectivity index is 1.24. The minimum Gasteiger partial charge on any atom is -0.489 e. The standard InChI is InChI=1S/C29H30N6O2/c1-34-10-12-35(13-11-34)23-5-2-20(3-6-23)25-17-26-29(33-25)28(32-19-31-26)21-4-7-27(22(16-21)18-30)37-24-8-14-36-15-9-24/h2-7,16,19,24H,8-15,17H2,1H3. The molecule has 8 nitrogen and oxygen atoms in total. The van der Waals surface area contributed by atoms with Crippen LogP contribution in [-0.2, 0) is 11.2 Å². The van der Waals surface area contributed by atoms with Gasteiger partial charge in [-0.3, -0.25) is 0 Å². The zero-order chi connectivity index (χ0) is 25.2. The summed E-state index contributed by atoms with van der Waals surface area (Å²) in [6, 6.07) is 16.6. The minimum atomic E-state index is 0.0739. The predicted octanol–water partition coefficient (Wildman–Crippen LogP) is 4.00. The quantitative estimate of drug-likeness (QED) is 0.530. The first-order valence-corrected chi connectivity index (χ1v) is 12.9. The summed E-state index contributed by atoms with van der Waals surface area (Å²) in [5, 5.41) is 9.81. The van der Waals surface area contributed by atoms with Crippen molar-refractivity contribution >= 4 is 17.1 Å². The molecule has 0 amide bonds. The summed E-state index contributed by atoms with van der Waals surface area (Å²) in [4.78, 5) is 18.8. The number of fused-ring (bicyclic) bond motifs is 1. The number of anilines is 1. The molecular weight excluding hydrogens is 464 g/mol. The van der Waals surface area contributed by atoms with Gasteiger partial charge in [0, 0.05) is 56.7 Å². The molecule has 4 heterocycles. The summed E-state index contributed by atoms with van der Waals surface area (Å²) < 4.78 is 11.5. The molecule has 2 aromatic carbocycles. The molecule has 188 valence electrons. The van der Waals surface area contributed by atoms with Crippen molar-refractivity contribution in [2.45, 2.75) is 25.4 Å². The maximum atomic E-state index is 9.81. The molecule has 2 fully saturated rings. The summed E-state index contributed by atoms with van der Waals surface area (Å²) in [7, 11) is 2.17. The third-order valence-electron chi connectivity index (χ3n) is 7.38. The number of aliphatic imine (C=N–C) groups is 1. The van der Waals surface area contributed by atoms with E-state index in [-0.39, 0.29) is 6.10 Å². The van der Waals surface area contributed by atoms with Crippen molar-refractivity contribution in [2.75, 3.05) is 51.3 Å². The Bertz CT molecular complexity index is 1350. The molecule has 0 radical (unpaired) electrons. The Hall–Kier alpha value is -3.80. The van der Waals surface area contributed by atoms with Crippen molar-refractivity contribution in [1.82, 2.24) is 14.9 Å². The van der Waals surface area contributed by atoms with Gasteiger partial charge in [0.05, 0.1) is 35.9 Å². The van der Waals surface area contributed by atoms with Gasteiger partial charge in [0.2, 0.25) is 0 Å². The van der Waals surface area contributed by atoms with Crippen molar-refractivity contribution in [3.8, 4) is 23.1 Å². The van der Waals surface area contributed by atoms with Gasteiger partial charge >= 0.3 is 0 Å². The molecule has 0 spiro atoms. The predicted molar refractivity (Wildman–Crippen MR) is 143 cm³/mol. The first kappa shape index (κ1) is 23.6. The maximum Gasteiger partial charge on any atom is 0.137 e. The summed E-state index contributed by atoms with van der Waals surface area (Å²) in [6.07, 6.45) is 3.99.